The summed E-state index contributed by atoms with van der Waals surface area (Å²) in [6.07, 6.45) is -2.18. The summed E-state index contributed by atoms with van der Waals surface area (Å²) >= 11 is 2.64. The topological polar surface area (TPSA) is 79.8 Å². The number of nitriles is 1. The smallest absolute Gasteiger partial charge is 0.258 e. The van der Waals surface area contributed by atoms with E-state index in [0.717, 1.165) is 6.20 Å². The molecule has 0 radical (unpaired) electrons. The zero-order valence-electron chi connectivity index (χ0n) is 6.95. The summed E-state index contributed by atoms with van der Waals surface area (Å²) in [4.78, 5) is 12.9. The molecule has 15 heavy (non-hydrogen) atoms. The predicted molar refractivity (Wildman–Crippen MR) is 48.3 cm³/mol. The molecule has 1 heterocycles. The molecule has 1 rings (SSSR count). The third kappa shape index (κ3) is 2.07. The Hall–Kier alpha value is -1.62. The van der Waals surface area contributed by atoms with E-state index in [4.69, 9.17) is 5.26 Å². The number of alkyl halides is 2. The standard InChI is InChI=1S/C7H2BrF2N3O2/c8-4-5(7(9)10)12-2-3(1-11)6(4)13(14)15/h2,7H. The Morgan fingerprint density at radius 3 is 2.67 bits per heavy atom. The average Bonchev–Trinajstić information content (AvgIpc) is 2.15. The first-order chi connectivity index (χ1) is 6.99. The van der Waals surface area contributed by atoms with Crippen molar-refractivity contribution in [2.24, 2.45) is 0 Å². The Kier molecular flexibility index (Phi) is 3.26. The van der Waals surface area contributed by atoms with Gasteiger partial charge in [0.2, 0.25) is 0 Å². The van der Waals surface area contributed by atoms with E-state index in [0.29, 0.717) is 0 Å². The highest BCUT2D eigenvalue weighted by molar-refractivity contribution is 9.10. The first kappa shape index (κ1) is 11.5. The normalized spacial score (nSPS) is 10.1. The molecule has 0 spiro atoms. The van der Waals surface area contributed by atoms with Crippen LogP contribution in [0.4, 0.5) is 14.5 Å². The van der Waals surface area contributed by atoms with Gasteiger partial charge >= 0.3 is 5.69 Å². The number of hydrogen-bond acceptors (Lipinski definition) is 4. The van der Waals surface area contributed by atoms with Gasteiger partial charge in [-0.25, -0.2) is 8.78 Å². The molecular weight excluding hydrogens is 276 g/mol. The number of pyridine rings is 1. The zero-order chi connectivity index (χ0) is 11.6. The third-order valence-corrected chi connectivity index (χ3v) is 2.31. The number of hydrogen-bond donors (Lipinski definition) is 0. The molecule has 0 fully saturated rings. The molecular formula is C7H2BrF2N3O2. The molecule has 0 atom stereocenters. The van der Waals surface area contributed by atoms with Gasteiger partial charge in [-0.3, -0.25) is 15.1 Å². The number of halogens is 3. The Balaban J connectivity index is 3.51. The van der Waals surface area contributed by atoms with Gasteiger partial charge in [-0.1, -0.05) is 0 Å². The van der Waals surface area contributed by atoms with Crippen molar-refractivity contribution in [2.45, 2.75) is 6.43 Å². The molecule has 0 N–H and O–H groups in total. The number of rotatable bonds is 2. The Bertz CT molecular complexity index is 458. The highest BCUT2D eigenvalue weighted by Crippen LogP contribution is 2.34. The van der Waals surface area contributed by atoms with E-state index >= 15 is 0 Å². The van der Waals surface area contributed by atoms with Crippen molar-refractivity contribution in [3.05, 3.63) is 32.0 Å². The quantitative estimate of drug-likeness (QED) is 0.615. The van der Waals surface area contributed by atoms with Crippen LogP contribution in [0.25, 0.3) is 0 Å². The van der Waals surface area contributed by atoms with Crippen LogP contribution in [-0.4, -0.2) is 9.91 Å². The summed E-state index contributed by atoms with van der Waals surface area (Å²) in [6, 6.07) is 1.50. The van der Waals surface area contributed by atoms with E-state index in [-0.39, 0.29) is 5.56 Å². The lowest BCUT2D eigenvalue weighted by Crippen LogP contribution is -2.00. The van der Waals surface area contributed by atoms with Gasteiger partial charge in [0.1, 0.15) is 21.8 Å². The van der Waals surface area contributed by atoms with Gasteiger partial charge in [0.15, 0.2) is 0 Å². The van der Waals surface area contributed by atoms with Crippen molar-refractivity contribution in [2.75, 3.05) is 0 Å². The van der Waals surface area contributed by atoms with Crippen molar-refractivity contribution in [3.8, 4) is 6.07 Å². The fraction of sp³-hybridized carbons (Fsp3) is 0.143. The minimum Gasteiger partial charge on any atom is -0.258 e. The highest BCUT2D eigenvalue weighted by atomic mass is 79.9. The Morgan fingerprint density at radius 1 is 1.67 bits per heavy atom. The van der Waals surface area contributed by atoms with Crippen molar-refractivity contribution in [1.29, 1.82) is 5.26 Å². The van der Waals surface area contributed by atoms with Gasteiger partial charge in [0.05, 0.1) is 11.1 Å². The lowest BCUT2D eigenvalue weighted by atomic mass is 10.2. The second kappa shape index (κ2) is 4.27. The van der Waals surface area contributed by atoms with E-state index in [2.05, 4.69) is 20.9 Å². The maximum atomic E-state index is 12.3. The molecule has 0 unspecified atom stereocenters. The van der Waals surface area contributed by atoms with E-state index < -0.39 is 27.2 Å². The molecule has 8 heteroatoms. The monoisotopic (exact) mass is 277 g/mol. The number of nitro groups is 1. The van der Waals surface area contributed by atoms with Gasteiger partial charge in [-0.05, 0) is 15.9 Å². The van der Waals surface area contributed by atoms with E-state index in [9.17, 15) is 18.9 Å². The summed E-state index contributed by atoms with van der Waals surface area (Å²) in [5.74, 6) is 0. The largest absolute Gasteiger partial charge is 0.304 e. The predicted octanol–water partition coefficient (Wildman–Crippen LogP) is 2.56. The molecule has 0 bridgehead atoms. The molecule has 0 aliphatic rings. The summed E-state index contributed by atoms with van der Waals surface area (Å²) in [5, 5.41) is 19.0. The minimum atomic E-state index is -2.94. The summed E-state index contributed by atoms with van der Waals surface area (Å²) in [7, 11) is 0. The van der Waals surface area contributed by atoms with Crippen LogP contribution in [0.3, 0.4) is 0 Å². The molecule has 1 aromatic heterocycles. The molecule has 1 aromatic rings. The van der Waals surface area contributed by atoms with Gasteiger partial charge < -0.3 is 0 Å². The Morgan fingerprint density at radius 2 is 2.27 bits per heavy atom. The van der Waals surface area contributed by atoms with Gasteiger partial charge in [-0.2, -0.15) is 5.26 Å². The van der Waals surface area contributed by atoms with Crippen LogP contribution in [0.15, 0.2) is 10.7 Å². The third-order valence-electron chi connectivity index (χ3n) is 1.53. The van der Waals surface area contributed by atoms with Crippen LogP contribution in [0.5, 0.6) is 0 Å². The van der Waals surface area contributed by atoms with Crippen LogP contribution < -0.4 is 0 Å². The maximum Gasteiger partial charge on any atom is 0.304 e. The molecule has 0 saturated heterocycles. The molecule has 0 aliphatic heterocycles. The average molecular weight is 278 g/mol. The van der Waals surface area contributed by atoms with Crippen molar-refractivity contribution >= 4 is 21.6 Å². The molecule has 78 valence electrons. The van der Waals surface area contributed by atoms with E-state index in [1.54, 1.807) is 0 Å². The second-order valence-electron chi connectivity index (χ2n) is 2.39. The van der Waals surface area contributed by atoms with Crippen molar-refractivity contribution in [3.63, 3.8) is 0 Å². The molecule has 0 aliphatic carbocycles. The van der Waals surface area contributed by atoms with Crippen LogP contribution in [0.2, 0.25) is 0 Å². The van der Waals surface area contributed by atoms with Crippen LogP contribution >= 0.6 is 15.9 Å². The second-order valence-corrected chi connectivity index (χ2v) is 3.18. The first-order valence-corrected chi connectivity index (χ1v) is 4.29. The van der Waals surface area contributed by atoms with E-state index in [1.807, 2.05) is 0 Å². The van der Waals surface area contributed by atoms with Gasteiger partial charge in [-0.15, -0.1) is 0 Å². The van der Waals surface area contributed by atoms with Gasteiger partial charge in [0.25, 0.3) is 6.43 Å². The maximum absolute atomic E-state index is 12.3. The van der Waals surface area contributed by atoms with Crippen molar-refractivity contribution < 1.29 is 13.7 Å². The number of nitrogens with zero attached hydrogens (tertiary/aromatic N) is 3. The fourth-order valence-electron chi connectivity index (χ4n) is 0.904. The van der Waals surface area contributed by atoms with Crippen LogP contribution in [0, 0.1) is 21.4 Å². The van der Waals surface area contributed by atoms with E-state index in [1.165, 1.54) is 6.07 Å². The molecule has 0 aromatic carbocycles. The minimum absolute atomic E-state index is 0.365. The molecule has 0 saturated carbocycles. The zero-order valence-corrected chi connectivity index (χ0v) is 8.53. The SMILES string of the molecule is N#Cc1cnc(C(F)F)c(Br)c1[N+](=O)[O-]. The summed E-state index contributed by atoms with van der Waals surface area (Å²) in [5.41, 5.74) is -1.81. The van der Waals surface area contributed by atoms with Crippen LogP contribution in [-0.2, 0) is 0 Å². The molecule has 5 nitrogen and oxygen atoms in total. The lowest BCUT2D eigenvalue weighted by molar-refractivity contribution is -0.386. The lowest BCUT2D eigenvalue weighted by Gasteiger charge is -2.03. The first-order valence-electron chi connectivity index (χ1n) is 3.50. The Labute approximate surface area is 90.6 Å². The summed E-state index contributed by atoms with van der Waals surface area (Å²) < 4.78 is 24.2. The van der Waals surface area contributed by atoms with Crippen molar-refractivity contribution in [1.82, 2.24) is 4.98 Å². The van der Waals surface area contributed by atoms with Gasteiger partial charge in [0, 0.05) is 0 Å². The summed E-state index contributed by atoms with van der Waals surface area (Å²) in [6.45, 7) is 0. The fourth-order valence-corrected chi connectivity index (χ4v) is 1.54. The highest BCUT2D eigenvalue weighted by Gasteiger charge is 2.26. The molecule has 0 amide bonds. The number of aromatic nitrogens is 1. The van der Waals surface area contributed by atoms with Crippen LogP contribution in [0.1, 0.15) is 17.7 Å².